The topological polar surface area (TPSA) is 64.4 Å². The van der Waals surface area contributed by atoms with Crippen molar-refractivity contribution in [3.05, 3.63) is 70.8 Å². The number of halogens is 3. The van der Waals surface area contributed by atoms with Gasteiger partial charge in [-0.05, 0) is 48.5 Å². The number of hydrogen-bond donors (Lipinski definition) is 0. The van der Waals surface area contributed by atoms with E-state index in [1.165, 1.54) is 17.0 Å². The average Bonchev–Trinajstić information content (AvgIpc) is 2.72. The zero-order chi connectivity index (χ0) is 20.3. The van der Waals surface area contributed by atoms with E-state index < -0.39 is 11.7 Å². The second-order valence-corrected chi connectivity index (χ2v) is 6.35. The standard InChI is InChI=1S/C20H16F3N3O2/c21-20(22,23)17-7-5-16(6-8-17)19(28)26-11-9-25(10-12-26)18(27)15-3-1-14(13-24)2-4-15/h1-8H,9-12H2. The summed E-state index contributed by atoms with van der Waals surface area (Å²) in [5.41, 5.74) is 0.298. The number of piperazine rings is 1. The second-order valence-electron chi connectivity index (χ2n) is 6.35. The van der Waals surface area contributed by atoms with Crippen molar-refractivity contribution in [2.75, 3.05) is 26.2 Å². The highest BCUT2D eigenvalue weighted by Gasteiger charge is 2.31. The van der Waals surface area contributed by atoms with E-state index in [1.54, 1.807) is 29.2 Å². The monoisotopic (exact) mass is 387 g/mol. The summed E-state index contributed by atoms with van der Waals surface area (Å²) < 4.78 is 37.9. The van der Waals surface area contributed by atoms with E-state index in [0.29, 0.717) is 37.3 Å². The zero-order valence-corrected chi connectivity index (χ0v) is 14.7. The Hall–Kier alpha value is -3.34. The van der Waals surface area contributed by atoms with Crippen LogP contribution in [0, 0.1) is 11.3 Å². The first kappa shape index (κ1) is 19.4. The van der Waals surface area contributed by atoms with Crippen molar-refractivity contribution >= 4 is 11.8 Å². The molecule has 5 nitrogen and oxygen atoms in total. The van der Waals surface area contributed by atoms with Gasteiger partial charge in [0.05, 0.1) is 17.2 Å². The molecule has 0 spiro atoms. The molecule has 144 valence electrons. The van der Waals surface area contributed by atoms with Crippen molar-refractivity contribution in [3.63, 3.8) is 0 Å². The number of benzene rings is 2. The maximum atomic E-state index is 12.6. The molecule has 1 heterocycles. The van der Waals surface area contributed by atoms with Crippen molar-refractivity contribution in [2.45, 2.75) is 6.18 Å². The predicted molar refractivity (Wildman–Crippen MR) is 94.4 cm³/mol. The lowest BCUT2D eigenvalue weighted by molar-refractivity contribution is -0.137. The van der Waals surface area contributed by atoms with E-state index in [9.17, 15) is 22.8 Å². The Morgan fingerprint density at radius 2 is 1.18 bits per heavy atom. The smallest absolute Gasteiger partial charge is 0.335 e. The first-order chi connectivity index (χ1) is 13.3. The van der Waals surface area contributed by atoms with E-state index in [0.717, 1.165) is 12.1 Å². The molecule has 2 aromatic carbocycles. The van der Waals surface area contributed by atoms with Crippen molar-refractivity contribution < 1.29 is 22.8 Å². The molecule has 8 heteroatoms. The molecule has 0 radical (unpaired) electrons. The van der Waals surface area contributed by atoms with Gasteiger partial charge in [-0.15, -0.1) is 0 Å². The molecule has 0 aromatic heterocycles. The molecule has 0 unspecified atom stereocenters. The highest BCUT2D eigenvalue weighted by molar-refractivity contribution is 5.96. The van der Waals surface area contributed by atoms with Gasteiger partial charge in [-0.2, -0.15) is 18.4 Å². The molecule has 28 heavy (non-hydrogen) atoms. The minimum atomic E-state index is -4.45. The number of amides is 2. The van der Waals surface area contributed by atoms with Gasteiger partial charge in [0.15, 0.2) is 0 Å². The molecule has 1 aliphatic heterocycles. The minimum absolute atomic E-state index is 0.180. The van der Waals surface area contributed by atoms with Gasteiger partial charge in [0.1, 0.15) is 0 Å². The van der Waals surface area contributed by atoms with Crippen LogP contribution >= 0.6 is 0 Å². The predicted octanol–water partition coefficient (Wildman–Crippen LogP) is 3.18. The molecule has 0 aliphatic carbocycles. The summed E-state index contributed by atoms with van der Waals surface area (Å²) >= 11 is 0. The minimum Gasteiger partial charge on any atom is -0.335 e. The Morgan fingerprint density at radius 3 is 1.54 bits per heavy atom. The fourth-order valence-electron chi connectivity index (χ4n) is 2.97. The third-order valence-corrected chi connectivity index (χ3v) is 4.57. The van der Waals surface area contributed by atoms with Crippen LogP contribution in [0.2, 0.25) is 0 Å². The lowest BCUT2D eigenvalue weighted by Gasteiger charge is -2.35. The van der Waals surface area contributed by atoms with Gasteiger partial charge < -0.3 is 9.80 Å². The van der Waals surface area contributed by atoms with E-state index >= 15 is 0 Å². The van der Waals surface area contributed by atoms with Crippen LogP contribution in [0.25, 0.3) is 0 Å². The van der Waals surface area contributed by atoms with E-state index in [4.69, 9.17) is 5.26 Å². The third kappa shape index (κ3) is 4.14. The summed E-state index contributed by atoms with van der Waals surface area (Å²) in [6.07, 6.45) is -4.45. The van der Waals surface area contributed by atoms with Crippen LogP contribution in [-0.4, -0.2) is 47.8 Å². The molecule has 0 N–H and O–H groups in total. The molecular formula is C20H16F3N3O2. The highest BCUT2D eigenvalue weighted by Crippen LogP contribution is 2.29. The Morgan fingerprint density at radius 1 is 0.786 bits per heavy atom. The van der Waals surface area contributed by atoms with Gasteiger partial charge in [-0.1, -0.05) is 0 Å². The van der Waals surface area contributed by atoms with Crippen molar-refractivity contribution in [1.82, 2.24) is 9.80 Å². The summed E-state index contributed by atoms with van der Waals surface area (Å²) in [6, 6.07) is 12.4. The zero-order valence-electron chi connectivity index (χ0n) is 14.7. The van der Waals surface area contributed by atoms with Gasteiger partial charge in [0, 0.05) is 37.3 Å². The molecule has 2 aromatic rings. The number of hydrogen-bond acceptors (Lipinski definition) is 3. The largest absolute Gasteiger partial charge is 0.416 e. The molecule has 0 saturated carbocycles. The normalized spacial score (nSPS) is 14.5. The van der Waals surface area contributed by atoms with Crippen LogP contribution in [0.15, 0.2) is 48.5 Å². The van der Waals surface area contributed by atoms with Gasteiger partial charge >= 0.3 is 6.18 Å². The Kier molecular flexibility index (Phi) is 5.36. The molecule has 3 rings (SSSR count). The summed E-state index contributed by atoms with van der Waals surface area (Å²) in [7, 11) is 0. The molecule has 2 amide bonds. The Balaban J connectivity index is 1.60. The Bertz CT molecular complexity index is 908. The molecule has 0 bridgehead atoms. The number of nitriles is 1. The highest BCUT2D eigenvalue weighted by atomic mass is 19.4. The molecule has 1 aliphatic rings. The number of carbonyl (C=O) groups is 2. The average molecular weight is 387 g/mol. The fraction of sp³-hybridized carbons (Fsp3) is 0.250. The number of nitrogens with zero attached hydrogens (tertiary/aromatic N) is 3. The van der Waals surface area contributed by atoms with Gasteiger partial charge in [-0.3, -0.25) is 9.59 Å². The summed E-state index contributed by atoms with van der Waals surface area (Å²) in [5, 5.41) is 8.81. The van der Waals surface area contributed by atoms with Crippen LogP contribution < -0.4 is 0 Å². The van der Waals surface area contributed by atoms with E-state index in [1.807, 2.05) is 6.07 Å². The first-order valence-electron chi connectivity index (χ1n) is 8.55. The second kappa shape index (κ2) is 7.72. The van der Waals surface area contributed by atoms with Crippen LogP contribution in [-0.2, 0) is 6.18 Å². The lowest BCUT2D eigenvalue weighted by atomic mass is 10.1. The third-order valence-electron chi connectivity index (χ3n) is 4.57. The fourth-order valence-corrected chi connectivity index (χ4v) is 2.97. The molecule has 0 atom stereocenters. The van der Waals surface area contributed by atoms with Crippen molar-refractivity contribution in [2.24, 2.45) is 0 Å². The quantitative estimate of drug-likeness (QED) is 0.795. The summed E-state index contributed by atoms with van der Waals surface area (Å²) in [4.78, 5) is 28.1. The number of alkyl halides is 3. The van der Waals surface area contributed by atoms with Crippen LogP contribution in [0.1, 0.15) is 31.8 Å². The van der Waals surface area contributed by atoms with Crippen molar-refractivity contribution in [3.8, 4) is 6.07 Å². The molecular weight excluding hydrogens is 371 g/mol. The van der Waals surface area contributed by atoms with Crippen LogP contribution in [0.4, 0.5) is 13.2 Å². The summed E-state index contributed by atoms with van der Waals surface area (Å²) in [6.45, 7) is 1.24. The maximum Gasteiger partial charge on any atom is 0.416 e. The summed E-state index contributed by atoms with van der Waals surface area (Å²) in [5.74, 6) is -0.551. The van der Waals surface area contributed by atoms with Gasteiger partial charge in [-0.25, -0.2) is 0 Å². The van der Waals surface area contributed by atoms with Gasteiger partial charge in [0.25, 0.3) is 11.8 Å². The van der Waals surface area contributed by atoms with Gasteiger partial charge in [0.2, 0.25) is 0 Å². The maximum absolute atomic E-state index is 12.6. The van der Waals surface area contributed by atoms with Crippen molar-refractivity contribution in [1.29, 1.82) is 5.26 Å². The lowest BCUT2D eigenvalue weighted by Crippen LogP contribution is -2.50. The van der Waals surface area contributed by atoms with Crippen LogP contribution in [0.5, 0.6) is 0 Å². The molecule has 1 fully saturated rings. The van der Waals surface area contributed by atoms with E-state index in [-0.39, 0.29) is 17.4 Å². The number of rotatable bonds is 2. The first-order valence-corrected chi connectivity index (χ1v) is 8.55. The number of carbonyl (C=O) groups excluding carboxylic acids is 2. The van der Waals surface area contributed by atoms with Crippen LogP contribution in [0.3, 0.4) is 0 Å². The molecule has 1 saturated heterocycles. The SMILES string of the molecule is N#Cc1ccc(C(=O)N2CCN(C(=O)c3ccc(C(F)(F)F)cc3)CC2)cc1. The van der Waals surface area contributed by atoms with E-state index in [2.05, 4.69) is 0 Å². The Labute approximate surface area is 159 Å².